The summed E-state index contributed by atoms with van der Waals surface area (Å²) >= 11 is 1.48. The number of carbonyl (C=O) groups excluding carboxylic acids is 1. The zero-order chi connectivity index (χ0) is 19.4. The number of hydrogen-bond acceptors (Lipinski definition) is 7. The molecular weight excluding hydrogens is 388 g/mol. The minimum atomic E-state index is -3.61. The van der Waals surface area contributed by atoms with Crippen LogP contribution in [-0.2, 0) is 21.4 Å². The van der Waals surface area contributed by atoms with Crippen molar-refractivity contribution in [1.82, 2.24) is 15.0 Å². The molecule has 0 saturated heterocycles. The third-order valence-corrected chi connectivity index (χ3v) is 5.74. The summed E-state index contributed by atoms with van der Waals surface area (Å²) in [5.74, 6) is 0.350. The van der Waals surface area contributed by atoms with E-state index in [9.17, 15) is 13.2 Å². The maximum absolute atomic E-state index is 12.5. The fourth-order valence-corrected chi connectivity index (χ4v) is 3.85. The highest BCUT2D eigenvalue weighted by molar-refractivity contribution is 7.92. The lowest BCUT2D eigenvalue weighted by Gasteiger charge is -2.24. The van der Waals surface area contributed by atoms with E-state index < -0.39 is 10.0 Å². The van der Waals surface area contributed by atoms with Crippen molar-refractivity contribution in [1.29, 1.82) is 0 Å². The molecule has 0 atom stereocenters. The first-order valence-electron chi connectivity index (χ1n) is 7.98. The van der Waals surface area contributed by atoms with Crippen molar-refractivity contribution in [3.8, 4) is 10.7 Å². The Morgan fingerprint density at radius 1 is 1.19 bits per heavy atom. The number of thiophene rings is 1. The van der Waals surface area contributed by atoms with Gasteiger partial charge in [-0.25, -0.2) is 8.42 Å². The van der Waals surface area contributed by atoms with Crippen LogP contribution in [0.25, 0.3) is 10.7 Å². The Labute approximate surface area is 161 Å². The molecule has 0 aliphatic carbocycles. The van der Waals surface area contributed by atoms with Crippen molar-refractivity contribution in [3.05, 3.63) is 53.7 Å². The van der Waals surface area contributed by atoms with Crippen LogP contribution in [0.5, 0.6) is 0 Å². The predicted molar refractivity (Wildman–Crippen MR) is 103 cm³/mol. The molecule has 0 bridgehead atoms. The molecule has 27 heavy (non-hydrogen) atoms. The van der Waals surface area contributed by atoms with E-state index in [2.05, 4.69) is 10.1 Å². The molecule has 1 aromatic carbocycles. The summed E-state index contributed by atoms with van der Waals surface area (Å²) in [6.07, 6.45) is 1.07. The molecule has 0 spiro atoms. The number of rotatable bonds is 7. The van der Waals surface area contributed by atoms with E-state index in [1.165, 1.54) is 16.2 Å². The highest BCUT2D eigenvalue weighted by Crippen LogP contribution is 2.22. The van der Waals surface area contributed by atoms with Crippen LogP contribution < -0.4 is 4.31 Å². The Kier molecular flexibility index (Phi) is 5.57. The lowest BCUT2D eigenvalue weighted by atomic mass is 10.3. The van der Waals surface area contributed by atoms with Gasteiger partial charge in [0.15, 0.2) is 0 Å². The van der Waals surface area contributed by atoms with Crippen LogP contribution in [0.15, 0.2) is 52.4 Å². The summed E-state index contributed by atoms with van der Waals surface area (Å²) < 4.78 is 30.4. The molecule has 3 rings (SSSR count). The number of anilines is 1. The fraction of sp³-hybridized carbons (Fsp3) is 0.235. The summed E-state index contributed by atoms with van der Waals surface area (Å²) in [5.41, 5.74) is 0.430. The first kappa shape index (κ1) is 19.1. The van der Waals surface area contributed by atoms with Gasteiger partial charge in [0.25, 0.3) is 0 Å². The molecule has 3 aromatic rings. The maximum Gasteiger partial charge on any atom is 0.246 e. The molecule has 142 valence electrons. The Hall–Kier alpha value is -2.72. The predicted octanol–water partition coefficient (Wildman–Crippen LogP) is 2.22. The van der Waals surface area contributed by atoms with Crippen LogP contribution >= 0.6 is 11.3 Å². The summed E-state index contributed by atoms with van der Waals surface area (Å²) in [6, 6.07) is 12.2. The molecule has 2 aromatic heterocycles. The van der Waals surface area contributed by atoms with Crippen molar-refractivity contribution in [2.75, 3.05) is 24.2 Å². The third kappa shape index (κ3) is 4.72. The second-order valence-electron chi connectivity index (χ2n) is 5.84. The fourth-order valence-electron chi connectivity index (χ4n) is 2.35. The van der Waals surface area contributed by atoms with Crippen molar-refractivity contribution in [3.63, 3.8) is 0 Å². The molecule has 8 nitrogen and oxygen atoms in total. The molecule has 0 radical (unpaired) electrons. The quantitative estimate of drug-likeness (QED) is 0.597. The number of carbonyl (C=O) groups is 1. The number of nitrogens with zero attached hydrogens (tertiary/aromatic N) is 4. The van der Waals surface area contributed by atoms with Gasteiger partial charge in [-0.3, -0.25) is 9.10 Å². The monoisotopic (exact) mass is 406 g/mol. The Bertz CT molecular complexity index is 1000. The molecule has 0 saturated carbocycles. The number of hydrogen-bond donors (Lipinski definition) is 0. The zero-order valence-corrected chi connectivity index (χ0v) is 16.4. The summed E-state index contributed by atoms with van der Waals surface area (Å²) in [4.78, 5) is 19.0. The summed E-state index contributed by atoms with van der Waals surface area (Å²) in [6.45, 7) is -0.227. The second kappa shape index (κ2) is 7.89. The van der Waals surface area contributed by atoms with Gasteiger partial charge in [-0.1, -0.05) is 29.4 Å². The molecule has 0 aliphatic rings. The Balaban J connectivity index is 1.69. The highest BCUT2D eigenvalue weighted by Gasteiger charge is 2.23. The number of sulfonamides is 1. The minimum absolute atomic E-state index is 0.0869. The van der Waals surface area contributed by atoms with E-state index in [-0.39, 0.29) is 24.9 Å². The van der Waals surface area contributed by atoms with E-state index in [4.69, 9.17) is 4.52 Å². The Morgan fingerprint density at radius 3 is 2.56 bits per heavy atom. The first-order chi connectivity index (χ1) is 12.8. The van der Waals surface area contributed by atoms with Crippen molar-refractivity contribution < 1.29 is 17.7 Å². The van der Waals surface area contributed by atoms with Gasteiger partial charge in [0, 0.05) is 7.05 Å². The summed E-state index contributed by atoms with van der Waals surface area (Å²) in [7, 11) is -2.05. The van der Waals surface area contributed by atoms with E-state index in [0.29, 0.717) is 11.5 Å². The third-order valence-electron chi connectivity index (χ3n) is 3.73. The van der Waals surface area contributed by atoms with E-state index in [0.717, 1.165) is 15.4 Å². The van der Waals surface area contributed by atoms with E-state index in [1.807, 2.05) is 17.5 Å². The van der Waals surface area contributed by atoms with Gasteiger partial charge in [-0.05, 0) is 23.6 Å². The van der Waals surface area contributed by atoms with Gasteiger partial charge in [0.2, 0.25) is 27.6 Å². The van der Waals surface area contributed by atoms with Crippen LogP contribution in [0.1, 0.15) is 5.89 Å². The average molecular weight is 406 g/mol. The van der Waals surface area contributed by atoms with Crippen molar-refractivity contribution in [2.45, 2.75) is 6.54 Å². The van der Waals surface area contributed by atoms with Gasteiger partial charge in [-0.15, -0.1) is 11.3 Å². The zero-order valence-electron chi connectivity index (χ0n) is 14.8. The number of benzene rings is 1. The normalized spacial score (nSPS) is 11.3. The number of aromatic nitrogens is 2. The van der Waals surface area contributed by atoms with Gasteiger partial charge < -0.3 is 9.42 Å². The van der Waals surface area contributed by atoms with E-state index in [1.54, 1.807) is 37.4 Å². The standard InChI is InChI=1S/C17H18N4O4S2/c1-20(11-15-18-17(19-25-15)14-9-6-10-26-14)16(22)12-21(27(2,23)24)13-7-4-3-5-8-13/h3-10H,11-12H2,1-2H3. The molecule has 0 fully saturated rings. The van der Waals surface area contributed by atoms with Gasteiger partial charge in [0.05, 0.1) is 23.4 Å². The average Bonchev–Trinajstić information content (AvgIpc) is 3.30. The topological polar surface area (TPSA) is 96.6 Å². The lowest BCUT2D eigenvalue weighted by molar-refractivity contribution is -0.129. The number of para-hydroxylation sites is 1. The molecule has 0 unspecified atom stereocenters. The van der Waals surface area contributed by atoms with Gasteiger partial charge in [0.1, 0.15) is 6.54 Å². The molecular formula is C17H18N4O4S2. The van der Waals surface area contributed by atoms with Gasteiger partial charge >= 0.3 is 0 Å². The minimum Gasteiger partial charge on any atom is -0.337 e. The van der Waals surface area contributed by atoms with Crippen molar-refractivity contribution in [2.24, 2.45) is 0 Å². The SMILES string of the molecule is CN(Cc1nc(-c2cccs2)no1)C(=O)CN(c1ccccc1)S(C)(=O)=O. The van der Waals surface area contributed by atoms with E-state index >= 15 is 0 Å². The van der Waals surface area contributed by atoms with Crippen molar-refractivity contribution >= 4 is 33.0 Å². The highest BCUT2D eigenvalue weighted by atomic mass is 32.2. The second-order valence-corrected chi connectivity index (χ2v) is 8.70. The van der Waals surface area contributed by atoms with Crippen LogP contribution in [-0.4, -0.2) is 49.2 Å². The summed E-state index contributed by atoms with van der Waals surface area (Å²) in [5, 5.41) is 5.81. The number of likely N-dealkylation sites (N-methyl/N-ethyl adjacent to an activating group) is 1. The molecule has 0 N–H and O–H groups in total. The Morgan fingerprint density at radius 2 is 1.93 bits per heavy atom. The molecule has 0 aliphatic heterocycles. The smallest absolute Gasteiger partial charge is 0.246 e. The first-order valence-corrected chi connectivity index (χ1v) is 10.7. The lowest BCUT2D eigenvalue weighted by Crippen LogP contribution is -2.41. The van der Waals surface area contributed by atoms with Crippen LogP contribution in [0.2, 0.25) is 0 Å². The molecule has 1 amide bonds. The van der Waals surface area contributed by atoms with Crippen LogP contribution in [0.3, 0.4) is 0 Å². The van der Waals surface area contributed by atoms with Crippen LogP contribution in [0.4, 0.5) is 5.69 Å². The maximum atomic E-state index is 12.5. The van der Waals surface area contributed by atoms with Crippen LogP contribution in [0, 0.1) is 0 Å². The number of amides is 1. The molecule has 10 heteroatoms. The van der Waals surface area contributed by atoms with Gasteiger partial charge in [-0.2, -0.15) is 4.98 Å². The largest absolute Gasteiger partial charge is 0.337 e. The molecule has 2 heterocycles.